The number of likely N-dealkylation sites (tertiary alicyclic amines) is 1. The number of aromatic nitrogens is 2. The summed E-state index contributed by atoms with van der Waals surface area (Å²) in [7, 11) is 0. The van der Waals surface area contributed by atoms with Crippen molar-refractivity contribution in [2.24, 2.45) is 0 Å². The van der Waals surface area contributed by atoms with Crippen molar-refractivity contribution in [2.75, 3.05) is 13.1 Å². The molecule has 142 valence electrons. The fourth-order valence-electron chi connectivity index (χ4n) is 3.72. The maximum Gasteiger partial charge on any atom is 0.209 e. The van der Waals surface area contributed by atoms with Crippen LogP contribution in [0.15, 0.2) is 59.1 Å². The molecule has 1 saturated heterocycles. The van der Waals surface area contributed by atoms with Crippen LogP contribution in [-0.2, 0) is 6.54 Å². The zero-order chi connectivity index (χ0) is 18.9. The highest BCUT2D eigenvalue weighted by molar-refractivity contribution is 7.18. The number of thiazole rings is 1. The molecule has 0 radical (unpaired) electrons. The van der Waals surface area contributed by atoms with E-state index in [1.165, 1.54) is 21.8 Å². The third-order valence-corrected chi connectivity index (χ3v) is 6.49. The lowest BCUT2D eigenvalue weighted by Crippen LogP contribution is -2.32. The number of piperidine rings is 1. The van der Waals surface area contributed by atoms with Gasteiger partial charge in [-0.1, -0.05) is 12.1 Å². The van der Waals surface area contributed by atoms with Crippen LogP contribution < -0.4 is 0 Å². The lowest BCUT2D eigenvalue weighted by atomic mass is 9.97. The minimum atomic E-state index is -0.250. The molecule has 3 heterocycles. The molecule has 5 rings (SSSR count). The Morgan fingerprint density at radius 2 is 1.86 bits per heavy atom. The van der Waals surface area contributed by atoms with Gasteiger partial charge in [0.15, 0.2) is 5.76 Å². The van der Waals surface area contributed by atoms with E-state index in [1.54, 1.807) is 18.3 Å². The minimum absolute atomic E-state index is 0.250. The number of fused-ring (bicyclic) bond motifs is 1. The highest BCUT2D eigenvalue weighted by Gasteiger charge is 2.24. The van der Waals surface area contributed by atoms with Gasteiger partial charge in [-0.2, -0.15) is 0 Å². The summed E-state index contributed by atoms with van der Waals surface area (Å²) in [5.41, 5.74) is 1.95. The Balaban J connectivity index is 1.21. The van der Waals surface area contributed by atoms with Crippen LogP contribution in [0.4, 0.5) is 4.39 Å². The summed E-state index contributed by atoms with van der Waals surface area (Å²) in [6.45, 7) is 2.72. The summed E-state index contributed by atoms with van der Waals surface area (Å²) < 4.78 is 20.2. The fraction of sp³-hybridized carbons (Fsp3) is 0.273. The number of nitrogens with zero attached hydrogens (tertiary/aromatic N) is 3. The van der Waals surface area contributed by atoms with Crippen LogP contribution in [0.5, 0.6) is 0 Å². The maximum atomic E-state index is 13.1. The number of hydrogen-bond acceptors (Lipinski definition) is 5. The largest absolute Gasteiger partial charge is 0.439 e. The molecule has 0 aliphatic carbocycles. The maximum absolute atomic E-state index is 13.1. The molecule has 1 fully saturated rings. The molecular weight excluding hydrogens is 373 g/mol. The molecule has 0 unspecified atom stereocenters. The molecule has 0 saturated carbocycles. The second kappa shape index (κ2) is 7.45. The van der Waals surface area contributed by atoms with Crippen molar-refractivity contribution in [1.29, 1.82) is 0 Å². The van der Waals surface area contributed by atoms with Crippen LogP contribution in [0.2, 0.25) is 0 Å². The van der Waals surface area contributed by atoms with Crippen molar-refractivity contribution in [1.82, 2.24) is 14.9 Å². The monoisotopic (exact) mass is 393 g/mol. The predicted octanol–water partition coefficient (Wildman–Crippen LogP) is 5.47. The average molecular weight is 393 g/mol. The molecule has 0 bridgehead atoms. The normalized spacial score (nSPS) is 16.0. The van der Waals surface area contributed by atoms with E-state index in [2.05, 4.69) is 28.1 Å². The second-order valence-electron chi connectivity index (χ2n) is 7.20. The molecule has 0 atom stereocenters. The molecule has 2 aromatic carbocycles. The van der Waals surface area contributed by atoms with E-state index < -0.39 is 0 Å². The van der Waals surface area contributed by atoms with Crippen molar-refractivity contribution in [2.45, 2.75) is 25.3 Å². The zero-order valence-corrected chi connectivity index (χ0v) is 16.2. The Morgan fingerprint density at radius 1 is 1.07 bits per heavy atom. The van der Waals surface area contributed by atoms with Gasteiger partial charge in [0.2, 0.25) is 5.89 Å². The first-order chi connectivity index (χ1) is 13.7. The predicted molar refractivity (Wildman–Crippen MR) is 109 cm³/mol. The third-order valence-electron chi connectivity index (χ3n) is 5.29. The standard InChI is InChI=1S/C22H20FN3OS/c23-17-7-5-15(6-8-17)19-13-24-21(27-19)14-26-11-9-16(10-12-26)22-25-18-3-1-2-4-20(18)28-22/h1-8,13,16H,9-12,14H2. The van der Waals surface area contributed by atoms with Crippen molar-refractivity contribution in [3.63, 3.8) is 0 Å². The Morgan fingerprint density at radius 3 is 2.64 bits per heavy atom. The van der Waals surface area contributed by atoms with Crippen LogP contribution in [0.1, 0.15) is 29.7 Å². The molecule has 6 heteroatoms. The van der Waals surface area contributed by atoms with Crippen molar-refractivity contribution < 1.29 is 8.81 Å². The van der Waals surface area contributed by atoms with Crippen molar-refractivity contribution in [3.05, 3.63) is 71.4 Å². The van der Waals surface area contributed by atoms with Gasteiger partial charge in [-0.15, -0.1) is 11.3 Å². The Labute approximate surface area is 166 Å². The van der Waals surface area contributed by atoms with Crippen molar-refractivity contribution in [3.8, 4) is 11.3 Å². The molecular formula is C22H20FN3OS. The van der Waals surface area contributed by atoms with E-state index in [0.29, 0.717) is 24.1 Å². The number of oxazole rings is 1. The Hall–Kier alpha value is -2.57. The number of halogens is 1. The summed E-state index contributed by atoms with van der Waals surface area (Å²) in [6, 6.07) is 14.6. The van der Waals surface area contributed by atoms with Gasteiger partial charge in [0, 0.05) is 11.5 Å². The minimum Gasteiger partial charge on any atom is -0.439 e. The SMILES string of the molecule is Fc1ccc(-c2cnc(CN3CCC(c4nc5ccccc5s4)CC3)o2)cc1. The van der Waals surface area contributed by atoms with Gasteiger partial charge in [0.1, 0.15) is 5.82 Å². The first kappa shape index (κ1) is 17.5. The molecule has 28 heavy (non-hydrogen) atoms. The van der Waals surface area contributed by atoms with Crippen LogP contribution in [0.3, 0.4) is 0 Å². The molecule has 1 aliphatic heterocycles. The molecule has 1 aliphatic rings. The van der Waals surface area contributed by atoms with Gasteiger partial charge in [-0.05, 0) is 62.3 Å². The Bertz CT molecular complexity index is 1050. The van der Waals surface area contributed by atoms with E-state index in [0.717, 1.165) is 37.0 Å². The molecule has 4 aromatic rings. The van der Waals surface area contributed by atoms with Crippen molar-refractivity contribution >= 4 is 21.6 Å². The summed E-state index contributed by atoms with van der Waals surface area (Å²) in [5.74, 6) is 1.67. The molecule has 2 aromatic heterocycles. The van der Waals surface area contributed by atoms with Gasteiger partial charge < -0.3 is 4.42 Å². The summed E-state index contributed by atoms with van der Waals surface area (Å²) in [6.07, 6.45) is 3.92. The summed E-state index contributed by atoms with van der Waals surface area (Å²) in [4.78, 5) is 11.6. The average Bonchev–Trinajstić information content (AvgIpc) is 3.36. The second-order valence-corrected chi connectivity index (χ2v) is 8.26. The van der Waals surface area contributed by atoms with Crippen LogP contribution in [0.25, 0.3) is 21.5 Å². The van der Waals surface area contributed by atoms with Gasteiger partial charge in [0.25, 0.3) is 0 Å². The third kappa shape index (κ3) is 3.57. The van der Waals surface area contributed by atoms with Gasteiger partial charge in [-0.3, -0.25) is 4.90 Å². The summed E-state index contributed by atoms with van der Waals surface area (Å²) in [5, 5.41) is 1.26. The van der Waals surface area contributed by atoms with E-state index in [1.807, 2.05) is 17.4 Å². The highest BCUT2D eigenvalue weighted by atomic mass is 32.1. The smallest absolute Gasteiger partial charge is 0.209 e. The fourth-order valence-corrected chi connectivity index (χ4v) is 4.86. The highest BCUT2D eigenvalue weighted by Crippen LogP contribution is 2.34. The molecule has 0 N–H and O–H groups in total. The lowest BCUT2D eigenvalue weighted by molar-refractivity contribution is 0.188. The first-order valence-electron chi connectivity index (χ1n) is 9.53. The Kier molecular flexibility index (Phi) is 4.66. The first-order valence-corrected chi connectivity index (χ1v) is 10.3. The zero-order valence-electron chi connectivity index (χ0n) is 15.3. The number of benzene rings is 2. The van der Waals surface area contributed by atoms with Gasteiger partial charge in [-0.25, -0.2) is 14.4 Å². The van der Waals surface area contributed by atoms with Gasteiger partial charge >= 0.3 is 0 Å². The molecule has 0 amide bonds. The lowest BCUT2D eigenvalue weighted by Gasteiger charge is -2.29. The van der Waals surface area contributed by atoms with Crippen LogP contribution >= 0.6 is 11.3 Å². The molecule has 4 nitrogen and oxygen atoms in total. The number of rotatable bonds is 4. The van der Waals surface area contributed by atoms with Crippen LogP contribution in [0, 0.1) is 5.82 Å². The summed E-state index contributed by atoms with van der Waals surface area (Å²) >= 11 is 1.82. The van der Waals surface area contributed by atoms with E-state index in [-0.39, 0.29) is 5.82 Å². The number of hydrogen-bond donors (Lipinski definition) is 0. The van der Waals surface area contributed by atoms with E-state index >= 15 is 0 Å². The van der Waals surface area contributed by atoms with Crippen LogP contribution in [-0.4, -0.2) is 28.0 Å². The quantitative estimate of drug-likeness (QED) is 0.461. The van der Waals surface area contributed by atoms with E-state index in [9.17, 15) is 4.39 Å². The van der Waals surface area contributed by atoms with Gasteiger partial charge in [0.05, 0.1) is 28.0 Å². The number of para-hydroxylation sites is 1. The molecule has 0 spiro atoms. The topological polar surface area (TPSA) is 42.2 Å². The van der Waals surface area contributed by atoms with E-state index in [4.69, 9.17) is 9.40 Å².